The Morgan fingerprint density at radius 2 is 2.12 bits per heavy atom. The van der Waals surface area contributed by atoms with Crippen LogP contribution < -0.4 is 10.1 Å². The van der Waals surface area contributed by atoms with E-state index in [4.69, 9.17) is 4.74 Å². The number of rotatable bonds is 7. The maximum Gasteiger partial charge on any atom is 0.328 e. The summed E-state index contributed by atoms with van der Waals surface area (Å²) in [6.45, 7) is 6.87. The SMILES string of the molecule is C=CCNCCN1C(=O)N2C(c3cccc(O)c3)c3[nH]c4ccc(OC)cc4c3CC2(C)C1=O. The normalized spacial score (nSPS) is 21.6. The number of ether oxygens (including phenoxy) is 1. The quantitative estimate of drug-likeness (QED) is 0.285. The van der Waals surface area contributed by atoms with E-state index in [1.54, 1.807) is 36.3 Å². The number of phenols is 1. The zero-order valence-electron chi connectivity index (χ0n) is 19.3. The first-order chi connectivity index (χ1) is 16.4. The fourth-order valence-electron chi connectivity index (χ4n) is 5.25. The van der Waals surface area contributed by atoms with Gasteiger partial charge in [0.2, 0.25) is 0 Å². The number of carbonyl (C=O) groups excluding carboxylic acids is 2. The van der Waals surface area contributed by atoms with Crippen molar-refractivity contribution < 1.29 is 19.4 Å². The van der Waals surface area contributed by atoms with Crippen molar-refractivity contribution in [3.8, 4) is 11.5 Å². The van der Waals surface area contributed by atoms with Gasteiger partial charge in [-0.2, -0.15) is 0 Å². The third-order valence-electron chi connectivity index (χ3n) is 6.86. The minimum Gasteiger partial charge on any atom is -0.508 e. The molecule has 1 fully saturated rings. The number of amides is 3. The molecule has 0 aliphatic carbocycles. The van der Waals surface area contributed by atoms with Gasteiger partial charge in [-0.15, -0.1) is 6.58 Å². The molecule has 1 saturated heterocycles. The smallest absolute Gasteiger partial charge is 0.328 e. The van der Waals surface area contributed by atoms with E-state index in [2.05, 4.69) is 16.9 Å². The molecule has 1 aromatic heterocycles. The summed E-state index contributed by atoms with van der Waals surface area (Å²) in [7, 11) is 1.62. The molecule has 0 radical (unpaired) electrons. The number of carbonyl (C=O) groups is 2. The van der Waals surface area contributed by atoms with E-state index in [9.17, 15) is 14.7 Å². The van der Waals surface area contributed by atoms with Crippen molar-refractivity contribution in [2.24, 2.45) is 0 Å². The number of imide groups is 1. The van der Waals surface area contributed by atoms with Crippen LogP contribution in [0.1, 0.15) is 29.8 Å². The average molecular weight is 461 g/mol. The molecular formula is C26H28N4O4. The average Bonchev–Trinajstić information content (AvgIpc) is 3.27. The highest BCUT2D eigenvalue weighted by Gasteiger charge is 2.60. The largest absolute Gasteiger partial charge is 0.508 e. The number of phenolic OH excluding ortho intramolecular Hbond substituents is 1. The van der Waals surface area contributed by atoms with Crippen LogP contribution in [0.15, 0.2) is 55.1 Å². The Kier molecular flexibility index (Phi) is 5.32. The summed E-state index contributed by atoms with van der Waals surface area (Å²) in [5, 5.41) is 14.3. The molecule has 2 aliphatic rings. The number of aromatic amines is 1. The third kappa shape index (κ3) is 3.25. The lowest BCUT2D eigenvalue weighted by Gasteiger charge is -2.42. The molecule has 0 saturated carbocycles. The molecule has 3 heterocycles. The van der Waals surface area contributed by atoms with Gasteiger partial charge >= 0.3 is 6.03 Å². The van der Waals surface area contributed by atoms with Crippen molar-refractivity contribution in [1.29, 1.82) is 0 Å². The molecule has 2 aromatic carbocycles. The van der Waals surface area contributed by atoms with E-state index in [-0.39, 0.29) is 24.2 Å². The molecule has 2 unspecified atom stereocenters. The summed E-state index contributed by atoms with van der Waals surface area (Å²) in [5.41, 5.74) is 2.41. The maximum absolute atomic E-state index is 13.7. The lowest BCUT2D eigenvalue weighted by Crippen LogP contribution is -2.53. The molecule has 0 spiro atoms. The predicted octanol–water partition coefficient (Wildman–Crippen LogP) is 3.33. The molecule has 3 aromatic rings. The van der Waals surface area contributed by atoms with Crippen LogP contribution in [-0.2, 0) is 11.2 Å². The van der Waals surface area contributed by atoms with E-state index in [1.807, 2.05) is 31.2 Å². The van der Waals surface area contributed by atoms with E-state index in [0.717, 1.165) is 33.5 Å². The number of nitrogens with zero attached hydrogens (tertiary/aromatic N) is 2. The summed E-state index contributed by atoms with van der Waals surface area (Å²) in [6.07, 6.45) is 2.12. The van der Waals surface area contributed by atoms with Gasteiger partial charge in [-0.25, -0.2) is 4.79 Å². The van der Waals surface area contributed by atoms with Crippen LogP contribution in [0.4, 0.5) is 4.79 Å². The number of fused-ring (bicyclic) bond motifs is 4. The molecule has 3 N–H and O–H groups in total. The summed E-state index contributed by atoms with van der Waals surface area (Å²) >= 11 is 0. The first kappa shape index (κ1) is 22.0. The zero-order valence-corrected chi connectivity index (χ0v) is 19.3. The fraction of sp³-hybridized carbons (Fsp3) is 0.308. The van der Waals surface area contributed by atoms with E-state index in [1.165, 1.54) is 4.90 Å². The number of benzene rings is 2. The number of hydrogen-bond acceptors (Lipinski definition) is 5. The van der Waals surface area contributed by atoms with Crippen molar-refractivity contribution in [3.05, 3.63) is 71.9 Å². The minimum atomic E-state index is -1.06. The molecule has 8 nitrogen and oxygen atoms in total. The van der Waals surface area contributed by atoms with Crippen LogP contribution >= 0.6 is 0 Å². The van der Waals surface area contributed by atoms with Crippen molar-refractivity contribution in [2.75, 3.05) is 26.7 Å². The topological polar surface area (TPSA) is 97.9 Å². The molecule has 176 valence electrons. The van der Waals surface area contributed by atoms with E-state index < -0.39 is 11.6 Å². The standard InChI is InChI=1S/C26H28N4O4/c1-4-10-27-11-12-29-24(32)26(2)15-20-19-14-18(34-3)8-9-21(19)28-22(20)23(30(26)25(29)33)16-6-5-7-17(31)13-16/h4-9,13-14,23,27-28,31H,1,10-12,15H2,2-3H3. The number of aromatic nitrogens is 1. The Labute approximate surface area is 197 Å². The molecule has 8 heteroatoms. The van der Waals surface area contributed by atoms with Crippen LogP contribution in [0, 0.1) is 0 Å². The van der Waals surface area contributed by atoms with Crippen LogP contribution in [0.2, 0.25) is 0 Å². The molecule has 0 bridgehead atoms. The Morgan fingerprint density at radius 1 is 1.29 bits per heavy atom. The van der Waals surface area contributed by atoms with Gasteiger partial charge in [-0.3, -0.25) is 14.6 Å². The van der Waals surface area contributed by atoms with Crippen molar-refractivity contribution >= 4 is 22.8 Å². The van der Waals surface area contributed by atoms with Gasteiger partial charge in [-0.1, -0.05) is 18.2 Å². The second kappa shape index (κ2) is 8.22. The Bertz CT molecular complexity index is 1300. The molecule has 3 amide bonds. The molecule has 2 atom stereocenters. The summed E-state index contributed by atoms with van der Waals surface area (Å²) in [5.74, 6) is 0.609. The highest BCUT2D eigenvalue weighted by atomic mass is 16.5. The van der Waals surface area contributed by atoms with Gasteiger partial charge in [0, 0.05) is 42.7 Å². The minimum absolute atomic E-state index is 0.104. The number of methoxy groups -OCH3 is 1. The van der Waals surface area contributed by atoms with Crippen molar-refractivity contribution in [2.45, 2.75) is 24.9 Å². The van der Waals surface area contributed by atoms with Gasteiger partial charge in [0.15, 0.2) is 0 Å². The predicted molar refractivity (Wildman–Crippen MR) is 129 cm³/mol. The first-order valence-electron chi connectivity index (χ1n) is 11.3. The molecule has 2 aliphatic heterocycles. The lowest BCUT2D eigenvalue weighted by molar-refractivity contribution is -0.133. The summed E-state index contributed by atoms with van der Waals surface area (Å²) in [4.78, 5) is 33.9. The third-order valence-corrected chi connectivity index (χ3v) is 6.86. The van der Waals surface area contributed by atoms with Gasteiger partial charge in [0.05, 0.1) is 7.11 Å². The Morgan fingerprint density at radius 3 is 2.85 bits per heavy atom. The summed E-state index contributed by atoms with van der Waals surface area (Å²) in [6, 6.07) is 11.8. The second-order valence-corrected chi connectivity index (χ2v) is 8.98. The van der Waals surface area contributed by atoms with Crippen LogP contribution in [0.25, 0.3) is 10.9 Å². The van der Waals surface area contributed by atoms with E-state index in [0.29, 0.717) is 19.5 Å². The second-order valence-electron chi connectivity index (χ2n) is 8.98. The van der Waals surface area contributed by atoms with Gasteiger partial charge in [-0.05, 0) is 48.4 Å². The monoisotopic (exact) mass is 460 g/mol. The van der Waals surface area contributed by atoms with Crippen molar-refractivity contribution in [3.63, 3.8) is 0 Å². The Balaban J connectivity index is 1.66. The number of H-pyrrole nitrogens is 1. The fourth-order valence-corrected chi connectivity index (χ4v) is 5.25. The summed E-state index contributed by atoms with van der Waals surface area (Å²) < 4.78 is 5.44. The molecular weight excluding hydrogens is 432 g/mol. The van der Waals surface area contributed by atoms with Crippen molar-refractivity contribution in [1.82, 2.24) is 20.1 Å². The van der Waals surface area contributed by atoms with Crippen LogP contribution in [0.5, 0.6) is 11.5 Å². The number of nitrogens with one attached hydrogen (secondary N) is 2. The maximum atomic E-state index is 13.7. The highest BCUT2D eigenvalue weighted by molar-refractivity contribution is 6.08. The highest BCUT2D eigenvalue weighted by Crippen LogP contribution is 2.49. The zero-order chi connectivity index (χ0) is 24.0. The molecule has 5 rings (SSSR count). The number of hydrogen-bond donors (Lipinski definition) is 3. The van der Waals surface area contributed by atoms with E-state index >= 15 is 0 Å². The van der Waals surface area contributed by atoms with Crippen LogP contribution in [0.3, 0.4) is 0 Å². The van der Waals surface area contributed by atoms with Crippen LogP contribution in [-0.4, -0.2) is 64.1 Å². The first-order valence-corrected chi connectivity index (χ1v) is 11.3. The lowest BCUT2D eigenvalue weighted by atomic mass is 9.81. The number of urea groups is 1. The molecule has 34 heavy (non-hydrogen) atoms. The Hall–Kier alpha value is -3.78. The van der Waals surface area contributed by atoms with Gasteiger partial charge in [0.25, 0.3) is 5.91 Å². The van der Waals surface area contributed by atoms with Gasteiger partial charge < -0.3 is 20.1 Å². The van der Waals surface area contributed by atoms with Gasteiger partial charge in [0.1, 0.15) is 23.1 Å². The number of aromatic hydroxyl groups is 1.